The zero-order valence-corrected chi connectivity index (χ0v) is 35.0. The molecule has 6 aromatic carbocycles. The van der Waals surface area contributed by atoms with Gasteiger partial charge in [-0.3, -0.25) is 0 Å². The van der Waals surface area contributed by atoms with E-state index in [4.69, 9.17) is 15.8 Å². The average Bonchev–Trinajstić information content (AvgIpc) is 3.82. The van der Waals surface area contributed by atoms with Crippen molar-refractivity contribution in [1.82, 2.24) is 0 Å². The maximum absolute atomic E-state index is 6.71. The van der Waals surface area contributed by atoms with Crippen LogP contribution in [0.4, 0.5) is 0 Å². The van der Waals surface area contributed by atoms with Gasteiger partial charge in [-0.15, -0.1) is 0 Å². The number of rotatable bonds is 6. The molecule has 2 aliphatic rings. The number of halogens is 1. The molecular weight excluding hydrogens is 739 g/mol. The third-order valence-corrected chi connectivity index (χ3v) is 30.3. The van der Waals surface area contributed by atoms with Crippen LogP contribution in [0.1, 0.15) is 67.4 Å². The second kappa shape index (κ2) is 13.0. The number of benzene rings is 6. The predicted octanol–water partition coefficient (Wildman–Crippen LogP) is 13.0. The van der Waals surface area contributed by atoms with Crippen LogP contribution >= 0.6 is 11.6 Å². The van der Waals surface area contributed by atoms with Crippen molar-refractivity contribution in [1.29, 1.82) is 0 Å². The topological polar surface area (TPSA) is 0 Å². The van der Waals surface area contributed by atoms with Crippen molar-refractivity contribution >= 4 is 22.4 Å². The maximum atomic E-state index is 6.71. The van der Waals surface area contributed by atoms with Crippen LogP contribution in [0.5, 0.6) is 0 Å². The molecule has 0 amide bonds. The van der Waals surface area contributed by atoms with E-state index in [0.29, 0.717) is 0 Å². The summed E-state index contributed by atoms with van der Waals surface area (Å²) in [6.45, 7) is 14.1. The fourth-order valence-corrected chi connectivity index (χ4v) is 27.2. The molecule has 2 aliphatic carbocycles. The summed E-state index contributed by atoms with van der Waals surface area (Å²) in [5.74, 6) is 0. The molecule has 264 valence electrons. The molecule has 0 radical (unpaired) electrons. The predicted molar refractivity (Wildman–Crippen MR) is 228 cm³/mol. The summed E-state index contributed by atoms with van der Waals surface area (Å²) < 4.78 is 8.75. The van der Waals surface area contributed by atoms with Gasteiger partial charge >= 0.3 is 325 Å². The Bertz CT molecular complexity index is 2340. The fraction of sp³-hybridized carbons (Fsp3) is 0.196. The van der Waals surface area contributed by atoms with E-state index in [1.807, 2.05) is 0 Å². The van der Waals surface area contributed by atoms with Crippen molar-refractivity contribution in [2.24, 2.45) is 0 Å². The second-order valence-corrected chi connectivity index (χ2v) is 31.8. The van der Waals surface area contributed by atoms with E-state index in [2.05, 4.69) is 205 Å². The molecule has 0 saturated carbocycles. The molecule has 0 nitrogen and oxygen atoms in total. The molecule has 0 heterocycles. The van der Waals surface area contributed by atoms with Gasteiger partial charge in [0.1, 0.15) is 0 Å². The van der Waals surface area contributed by atoms with Crippen LogP contribution in [-0.2, 0) is 29.1 Å². The number of hydrogen-bond donors (Lipinski definition) is 0. The molecule has 0 unspecified atom stereocenters. The fourth-order valence-electron chi connectivity index (χ4n) is 9.63. The molecule has 0 spiro atoms. The molecule has 0 atom stereocenters. The molecule has 0 saturated heterocycles. The number of hydrogen-bond acceptors (Lipinski definition) is 0. The van der Waals surface area contributed by atoms with Crippen LogP contribution in [-0.4, -0.2) is 4.21 Å². The van der Waals surface area contributed by atoms with Gasteiger partial charge in [0, 0.05) is 0 Å². The van der Waals surface area contributed by atoms with Gasteiger partial charge in [-0.1, -0.05) is 0 Å². The minimum atomic E-state index is -5.02. The van der Waals surface area contributed by atoms with E-state index in [1.54, 1.807) is 0 Å². The SMILES string of the molecule is [CH2]=[Zr]([c]1ccccc1)([c]1ccc(Cl)cc1)([CH]1C=CC=C1)[CH]1c2cc(-c3ccccc3)c(C(C)(C)C)cc2-c2cc(C(C)(C)C)c(-c3ccccc3)cc21. The van der Waals surface area contributed by atoms with Crippen LogP contribution in [0, 0.1) is 0 Å². The molecule has 8 rings (SSSR count). The summed E-state index contributed by atoms with van der Waals surface area (Å²) in [6, 6.07) is 52.4. The van der Waals surface area contributed by atoms with E-state index in [9.17, 15) is 0 Å². The Morgan fingerprint density at radius 3 is 1.30 bits per heavy atom. The number of fused-ring (bicyclic) bond motifs is 3. The van der Waals surface area contributed by atoms with Gasteiger partial charge in [0.25, 0.3) is 0 Å². The first-order valence-corrected chi connectivity index (χ1v) is 26.4. The number of allylic oxidation sites excluding steroid dienone is 4. The standard InChI is InChI=1S/C33H33.C6H4Cl.C6H5.C5H5.CH2.Zr/c1-32(2,3)30-20-26-24(18-28(30)22-13-9-7-10-14-22)17-25-19-29(23-15-11-8-12-16-23)31(21-27(25)26)33(4,5)6;7-6-4-2-1-3-5-6;1-2-4-6-5-3-1;1-2-4-5-3-1;;/h7-21H,1-6H3;2-5H;1-5H;1-5H;1H2;. The Hall–Kier alpha value is -4.16. The van der Waals surface area contributed by atoms with Gasteiger partial charge in [-0.25, -0.2) is 0 Å². The van der Waals surface area contributed by atoms with E-state index in [0.717, 1.165) is 5.02 Å². The normalized spacial score (nSPS) is 14.8. The van der Waals surface area contributed by atoms with Crippen LogP contribution in [0.25, 0.3) is 33.4 Å². The van der Waals surface area contributed by atoms with E-state index >= 15 is 0 Å². The molecule has 6 aromatic rings. The van der Waals surface area contributed by atoms with Crippen LogP contribution in [0.2, 0.25) is 8.65 Å². The monoisotopic (exact) mass is 786 g/mol. The van der Waals surface area contributed by atoms with Crippen LogP contribution in [0.15, 0.2) is 164 Å². The molecule has 0 aliphatic heterocycles. The minimum absolute atomic E-state index is 0.0374. The van der Waals surface area contributed by atoms with Crippen molar-refractivity contribution in [3.63, 3.8) is 0 Å². The second-order valence-electron chi connectivity index (χ2n) is 17.4. The van der Waals surface area contributed by atoms with E-state index in [1.165, 1.54) is 62.2 Å². The van der Waals surface area contributed by atoms with Crippen molar-refractivity contribution in [3.05, 3.63) is 191 Å². The van der Waals surface area contributed by atoms with Crippen molar-refractivity contribution in [2.45, 2.75) is 59.6 Å². The zero-order valence-electron chi connectivity index (χ0n) is 31.8. The molecule has 0 fully saturated rings. The van der Waals surface area contributed by atoms with Gasteiger partial charge in [-0.05, 0) is 0 Å². The van der Waals surface area contributed by atoms with Gasteiger partial charge in [0.2, 0.25) is 0 Å². The van der Waals surface area contributed by atoms with Crippen LogP contribution in [0.3, 0.4) is 0 Å². The Kier molecular flexibility index (Phi) is 8.80. The Labute approximate surface area is 322 Å². The Balaban J connectivity index is 1.60. The molecule has 0 N–H and O–H groups in total. The third-order valence-electron chi connectivity index (χ3n) is 12.2. The first-order valence-electron chi connectivity index (χ1n) is 19.0. The Morgan fingerprint density at radius 2 is 0.887 bits per heavy atom. The third kappa shape index (κ3) is 5.70. The van der Waals surface area contributed by atoms with Crippen LogP contribution < -0.4 is 6.54 Å². The summed E-state index contributed by atoms with van der Waals surface area (Å²) in [7, 11) is 0. The first-order chi connectivity index (χ1) is 25.3. The summed E-state index contributed by atoms with van der Waals surface area (Å²) in [5.41, 5.74) is 13.2. The first kappa shape index (κ1) is 35.9. The average molecular weight is 789 g/mol. The van der Waals surface area contributed by atoms with E-state index < -0.39 is 18.3 Å². The van der Waals surface area contributed by atoms with Crippen molar-refractivity contribution in [3.8, 4) is 33.4 Å². The zero-order chi connectivity index (χ0) is 37.2. The Morgan fingerprint density at radius 1 is 0.491 bits per heavy atom. The molecule has 2 heteroatoms. The summed E-state index contributed by atoms with van der Waals surface area (Å²) in [4.78, 5) is 0. The molecule has 0 bridgehead atoms. The summed E-state index contributed by atoms with van der Waals surface area (Å²) in [6.07, 6.45) is 9.38. The van der Waals surface area contributed by atoms with Gasteiger partial charge < -0.3 is 0 Å². The quantitative estimate of drug-likeness (QED) is 0.158. The van der Waals surface area contributed by atoms with Gasteiger partial charge in [-0.2, -0.15) is 0 Å². The van der Waals surface area contributed by atoms with Gasteiger partial charge in [0.15, 0.2) is 0 Å². The van der Waals surface area contributed by atoms with Crippen molar-refractivity contribution in [2.75, 3.05) is 0 Å². The molecule has 53 heavy (non-hydrogen) atoms. The molecule has 0 aromatic heterocycles. The summed E-state index contributed by atoms with van der Waals surface area (Å²) in [5, 5.41) is 0.748. The van der Waals surface area contributed by atoms with Crippen molar-refractivity contribution < 1.29 is 18.3 Å². The molecular formula is C51H49ClZr. The van der Waals surface area contributed by atoms with E-state index in [-0.39, 0.29) is 18.1 Å². The van der Waals surface area contributed by atoms with Gasteiger partial charge in [0.05, 0.1) is 0 Å². The summed E-state index contributed by atoms with van der Waals surface area (Å²) >= 11 is 1.69.